The minimum Gasteiger partial charge on any atom is -0.468 e. The number of alkyl halides is 3. The molecule has 1 saturated heterocycles. The Bertz CT molecular complexity index is 885. The van der Waals surface area contributed by atoms with Crippen molar-refractivity contribution in [1.29, 1.82) is 0 Å². The molecule has 29 heavy (non-hydrogen) atoms. The molecule has 1 aliphatic rings. The van der Waals surface area contributed by atoms with Crippen molar-refractivity contribution in [3.8, 4) is 5.88 Å². The second kappa shape index (κ2) is 8.50. The molecule has 1 atom stereocenters. The van der Waals surface area contributed by atoms with Crippen molar-refractivity contribution in [2.45, 2.75) is 26.1 Å². The van der Waals surface area contributed by atoms with E-state index in [1.807, 2.05) is 31.2 Å². The number of benzene rings is 1. The summed E-state index contributed by atoms with van der Waals surface area (Å²) in [6, 6.07) is 10.5. The summed E-state index contributed by atoms with van der Waals surface area (Å²) < 4.78 is 41.8. The van der Waals surface area contributed by atoms with Gasteiger partial charge in [0.2, 0.25) is 17.7 Å². The van der Waals surface area contributed by atoms with Crippen molar-refractivity contribution in [1.82, 2.24) is 10.3 Å². The lowest BCUT2D eigenvalue weighted by Gasteiger charge is -2.17. The number of hydrogen-bond acceptors (Lipinski definition) is 4. The Labute approximate surface area is 165 Å². The van der Waals surface area contributed by atoms with Gasteiger partial charge in [0.15, 0.2) is 6.61 Å². The van der Waals surface area contributed by atoms with Crippen LogP contribution < -0.4 is 15.0 Å². The molecule has 1 N–H and O–H groups in total. The average molecular weight is 407 g/mol. The Balaban J connectivity index is 1.59. The topological polar surface area (TPSA) is 71.5 Å². The van der Waals surface area contributed by atoms with Crippen molar-refractivity contribution in [3.05, 3.63) is 53.7 Å². The van der Waals surface area contributed by atoms with Crippen molar-refractivity contribution < 1.29 is 27.5 Å². The number of halogens is 3. The minimum absolute atomic E-state index is 0.0465. The number of carbonyl (C=O) groups excluding carboxylic acids is 2. The normalized spacial score (nSPS) is 16.8. The summed E-state index contributed by atoms with van der Waals surface area (Å²) in [5.74, 6) is -1.22. The zero-order valence-corrected chi connectivity index (χ0v) is 15.7. The van der Waals surface area contributed by atoms with Crippen molar-refractivity contribution in [2.75, 3.05) is 18.1 Å². The molecule has 6 nitrogen and oxygen atoms in total. The lowest BCUT2D eigenvalue weighted by molar-refractivity contribution is -0.154. The van der Waals surface area contributed by atoms with E-state index in [1.165, 1.54) is 12.3 Å². The average Bonchev–Trinajstić information content (AvgIpc) is 3.07. The Hall–Kier alpha value is -3.10. The molecule has 0 spiro atoms. The van der Waals surface area contributed by atoms with Gasteiger partial charge in [0.1, 0.15) is 0 Å². The molecule has 0 aliphatic carbocycles. The smallest absolute Gasteiger partial charge is 0.422 e. The van der Waals surface area contributed by atoms with E-state index in [1.54, 1.807) is 11.0 Å². The van der Waals surface area contributed by atoms with Crippen LogP contribution in [0.2, 0.25) is 0 Å². The summed E-state index contributed by atoms with van der Waals surface area (Å²) >= 11 is 0. The van der Waals surface area contributed by atoms with Gasteiger partial charge in [-0.15, -0.1) is 0 Å². The monoisotopic (exact) mass is 407 g/mol. The Morgan fingerprint density at radius 1 is 1.28 bits per heavy atom. The molecule has 0 saturated carbocycles. The molecule has 1 unspecified atom stereocenters. The van der Waals surface area contributed by atoms with E-state index < -0.39 is 18.7 Å². The van der Waals surface area contributed by atoms with Crippen molar-refractivity contribution >= 4 is 17.5 Å². The number of pyridine rings is 1. The highest BCUT2D eigenvalue weighted by atomic mass is 19.4. The Morgan fingerprint density at radius 3 is 2.69 bits per heavy atom. The third kappa shape index (κ3) is 5.46. The Kier molecular flexibility index (Phi) is 6.05. The van der Waals surface area contributed by atoms with Crippen molar-refractivity contribution in [3.63, 3.8) is 0 Å². The number of hydrogen-bond donors (Lipinski definition) is 1. The van der Waals surface area contributed by atoms with Crippen LogP contribution >= 0.6 is 0 Å². The number of aryl methyl sites for hydroxylation is 1. The van der Waals surface area contributed by atoms with Gasteiger partial charge in [0, 0.05) is 37.0 Å². The quantitative estimate of drug-likeness (QED) is 0.799. The van der Waals surface area contributed by atoms with E-state index in [0.29, 0.717) is 5.56 Å². The molecular weight excluding hydrogens is 387 g/mol. The lowest BCUT2D eigenvalue weighted by atomic mass is 10.1. The zero-order valence-electron chi connectivity index (χ0n) is 15.7. The maximum atomic E-state index is 12.5. The highest BCUT2D eigenvalue weighted by Crippen LogP contribution is 2.26. The summed E-state index contributed by atoms with van der Waals surface area (Å²) in [6.07, 6.45) is -3.10. The summed E-state index contributed by atoms with van der Waals surface area (Å²) in [5, 5.41) is 2.66. The van der Waals surface area contributed by atoms with Crippen LogP contribution in [-0.4, -0.2) is 36.1 Å². The summed E-state index contributed by atoms with van der Waals surface area (Å²) in [7, 11) is 0. The number of anilines is 1. The van der Waals surface area contributed by atoms with E-state index in [-0.39, 0.29) is 37.2 Å². The molecule has 0 bridgehead atoms. The van der Waals surface area contributed by atoms with E-state index in [9.17, 15) is 22.8 Å². The zero-order chi connectivity index (χ0) is 21.0. The van der Waals surface area contributed by atoms with Crippen LogP contribution in [0.3, 0.4) is 0 Å². The fourth-order valence-electron chi connectivity index (χ4n) is 3.02. The number of nitrogens with zero attached hydrogens (tertiary/aromatic N) is 2. The van der Waals surface area contributed by atoms with Gasteiger partial charge in [-0.1, -0.05) is 23.8 Å². The predicted octanol–water partition coefficient (Wildman–Crippen LogP) is 3.00. The Morgan fingerprint density at radius 2 is 2.00 bits per heavy atom. The van der Waals surface area contributed by atoms with E-state index in [0.717, 1.165) is 11.3 Å². The number of aromatic nitrogens is 1. The van der Waals surface area contributed by atoms with Crippen LogP contribution in [0.4, 0.5) is 18.9 Å². The first-order valence-electron chi connectivity index (χ1n) is 9.01. The number of carbonyl (C=O) groups is 2. The van der Waals surface area contributed by atoms with Crippen LogP contribution in [0.25, 0.3) is 0 Å². The van der Waals surface area contributed by atoms with E-state index in [4.69, 9.17) is 4.74 Å². The van der Waals surface area contributed by atoms with Crippen LogP contribution in [-0.2, 0) is 16.1 Å². The SMILES string of the molecule is Cc1ccc(N2CC(C(=O)NCc3cccnc3OCC(F)(F)F)CC2=O)cc1. The fraction of sp³-hybridized carbons (Fsp3) is 0.350. The van der Waals surface area contributed by atoms with E-state index in [2.05, 4.69) is 10.3 Å². The molecule has 2 heterocycles. The third-order valence-electron chi connectivity index (χ3n) is 4.52. The van der Waals surface area contributed by atoms with Gasteiger partial charge in [0.25, 0.3) is 0 Å². The summed E-state index contributed by atoms with van der Waals surface area (Å²) in [4.78, 5) is 30.1. The van der Waals surface area contributed by atoms with Gasteiger partial charge in [0.05, 0.1) is 5.92 Å². The van der Waals surface area contributed by atoms with E-state index >= 15 is 0 Å². The van der Waals surface area contributed by atoms with Crippen LogP contribution in [0.15, 0.2) is 42.6 Å². The highest BCUT2D eigenvalue weighted by molar-refractivity contribution is 6.00. The fourth-order valence-corrected chi connectivity index (χ4v) is 3.02. The standard InChI is InChI=1S/C20H20F3N3O3/c1-13-4-6-16(7-5-13)26-11-15(9-17(26)27)18(28)25-10-14-3-2-8-24-19(14)29-12-20(21,22)23/h2-8,15H,9-12H2,1H3,(H,25,28). The molecule has 154 valence electrons. The second-order valence-electron chi connectivity index (χ2n) is 6.83. The molecule has 1 aromatic heterocycles. The molecule has 1 fully saturated rings. The molecule has 3 rings (SSSR count). The van der Waals surface area contributed by atoms with Crippen LogP contribution in [0, 0.1) is 12.8 Å². The first kappa shape index (κ1) is 20.6. The number of nitrogens with one attached hydrogen (secondary N) is 1. The van der Waals surface area contributed by atoms with Crippen LogP contribution in [0.1, 0.15) is 17.5 Å². The molecule has 1 aromatic carbocycles. The van der Waals surface area contributed by atoms with Crippen LogP contribution in [0.5, 0.6) is 5.88 Å². The summed E-state index contributed by atoms with van der Waals surface area (Å²) in [5.41, 5.74) is 2.12. The van der Waals surface area contributed by atoms with Gasteiger partial charge in [-0.05, 0) is 25.1 Å². The molecular formula is C20H20F3N3O3. The second-order valence-corrected chi connectivity index (χ2v) is 6.83. The maximum Gasteiger partial charge on any atom is 0.422 e. The lowest BCUT2D eigenvalue weighted by Crippen LogP contribution is -2.32. The number of ether oxygens (including phenoxy) is 1. The summed E-state index contributed by atoms with van der Waals surface area (Å²) in [6.45, 7) is 0.678. The predicted molar refractivity (Wildman–Crippen MR) is 99.3 cm³/mol. The molecule has 1 aliphatic heterocycles. The third-order valence-corrected chi connectivity index (χ3v) is 4.52. The molecule has 0 radical (unpaired) electrons. The highest BCUT2D eigenvalue weighted by Gasteiger charge is 2.35. The number of amides is 2. The number of rotatable bonds is 6. The molecule has 2 aromatic rings. The molecule has 9 heteroatoms. The van der Waals surface area contributed by atoms with Gasteiger partial charge < -0.3 is 15.0 Å². The first-order valence-corrected chi connectivity index (χ1v) is 9.01. The van der Waals surface area contributed by atoms with Crippen molar-refractivity contribution in [2.24, 2.45) is 5.92 Å². The van der Waals surface area contributed by atoms with Gasteiger partial charge in [-0.3, -0.25) is 9.59 Å². The largest absolute Gasteiger partial charge is 0.468 e. The minimum atomic E-state index is -4.48. The van der Waals surface area contributed by atoms with Gasteiger partial charge in [-0.2, -0.15) is 13.2 Å². The first-order chi connectivity index (χ1) is 13.7. The maximum absolute atomic E-state index is 12.5. The van der Waals surface area contributed by atoms with Gasteiger partial charge in [-0.25, -0.2) is 4.98 Å². The molecule has 2 amide bonds. The van der Waals surface area contributed by atoms with Gasteiger partial charge >= 0.3 is 6.18 Å².